The molecule has 1 saturated heterocycles. The van der Waals surface area contributed by atoms with Gasteiger partial charge in [-0.2, -0.15) is 0 Å². The Morgan fingerprint density at radius 2 is 1.30 bits per heavy atom. The van der Waals surface area contributed by atoms with E-state index in [4.69, 9.17) is 0 Å². The van der Waals surface area contributed by atoms with Crippen molar-refractivity contribution in [3.8, 4) is 0 Å². The van der Waals surface area contributed by atoms with E-state index < -0.39 is 5.41 Å². The fraction of sp³-hybridized carbons (Fsp3) is 0.381. The third-order valence-corrected chi connectivity index (χ3v) is 6.07. The number of hydrogen-bond donors (Lipinski definition) is 0. The molecule has 1 heterocycles. The van der Waals surface area contributed by atoms with E-state index in [2.05, 4.69) is 52.2 Å². The summed E-state index contributed by atoms with van der Waals surface area (Å²) in [5, 5.41) is 0. The van der Waals surface area contributed by atoms with Crippen molar-refractivity contribution in [3.05, 3.63) is 71.8 Å². The van der Waals surface area contributed by atoms with Gasteiger partial charge in [-0.05, 0) is 25.0 Å². The number of quaternary nitrogens is 1. The highest BCUT2D eigenvalue weighted by Gasteiger charge is 2.55. The first-order chi connectivity index (χ1) is 10.9. The molecule has 0 radical (unpaired) electrons. The molecule has 2 aromatic carbocycles. The van der Waals surface area contributed by atoms with Gasteiger partial charge in [0, 0.05) is 6.42 Å². The van der Waals surface area contributed by atoms with E-state index in [0.29, 0.717) is 11.8 Å². The number of nitrogens with zero attached hydrogens (tertiary/aromatic N) is 1. The van der Waals surface area contributed by atoms with Gasteiger partial charge in [0.2, 0.25) is 5.78 Å². The van der Waals surface area contributed by atoms with Gasteiger partial charge < -0.3 is 4.48 Å². The molecule has 120 valence electrons. The summed E-state index contributed by atoms with van der Waals surface area (Å²) in [4.78, 5) is 13.6. The maximum Gasteiger partial charge on any atom is 0.204 e. The van der Waals surface area contributed by atoms with Crippen LogP contribution in [0.15, 0.2) is 60.7 Å². The van der Waals surface area contributed by atoms with Gasteiger partial charge in [0.05, 0.1) is 25.6 Å². The third-order valence-electron chi connectivity index (χ3n) is 6.07. The van der Waals surface area contributed by atoms with Crippen molar-refractivity contribution in [2.75, 3.05) is 14.1 Å². The average Bonchev–Trinajstić information content (AvgIpc) is 2.58. The van der Waals surface area contributed by atoms with Crippen LogP contribution < -0.4 is 0 Å². The minimum atomic E-state index is -0.533. The second-order valence-electron chi connectivity index (χ2n) is 7.36. The van der Waals surface area contributed by atoms with Crippen LogP contribution in [0.4, 0.5) is 0 Å². The zero-order chi connectivity index (χ0) is 16.7. The van der Waals surface area contributed by atoms with E-state index in [9.17, 15) is 4.79 Å². The van der Waals surface area contributed by atoms with Gasteiger partial charge in [-0.15, -0.1) is 0 Å². The first-order valence-electron chi connectivity index (χ1n) is 8.39. The van der Waals surface area contributed by atoms with E-state index in [-0.39, 0.29) is 6.04 Å². The van der Waals surface area contributed by atoms with Crippen molar-refractivity contribution in [2.45, 2.75) is 37.8 Å². The summed E-state index contributed by atoms with van der Waals surface area (Å²) in [5.74, 6) is 0.331. The Hall–Kier alpha value is -1.93. The molecule has 1 aliphatic heterocycles. The van der Waals surface area contributed by atoms with Gasteiger partial charge in [0.15, 0.2) is 0 Å². The Morgan fingerprint density at radius 3 is 1.74 bits per heavy atom. The molecule has 2 heteroatoms. The maximum atomic E-state index is 13.6. The Labute approximate surface area is 139 Å². The molecular weight excluding hydrogens is 282 g/mol. The van der Waals surface area contributed by atoms with Crippen molar-refractivity contribution < 1.29 is 9.28 Å². The van der Waals surface area contributed by atoms with Crippen LogP contribution in [0.1, 0.15) is 31.4 Å². The summed E-state index contributed by atoms with van der Waals surface area (Å²) in [6.45, 7) is 4.35. The minimum absolute atomic E-state index is 0.0286. The molecule has 1 aliphatic rings. The van der Waals surface area contributed by atoms with Gasteiger partial charge in [0.1, 0.15) is 6.04 Å². The number of benzene rings is 2. The topological polar surface area (TPSA) is 17.1 Å². The lowest BCUT2D eigenvalue weighted by Gasteiger charge is -2.51. The molecule has 23 heavy (non-hydrogen) atoms. The lowest BCUT2D eigenvalue weighted by molar-refractivity contribution is -0.930. The molecular formula is C21H26NO+. The molecule has 0 N–H and O–H groups in total. The third kappa shape index (κ3) is 2.33. The number of piperidine rings is 1. The van der Waals surface area contributed by atoms with Crippen molar-refractivity contribution in [3.63, 3.8) is 0 Å². The second kappa shape index (κ2) is 5.61. The number of carbonyl (C=O) groups excluding carboxylic acids is 1. The molecule has 0 spiro atoms. The van der Waals surface area contributed by atoms with Gasteiger partial charge >= 0.3 is 0 Å². The number of rotatable bonds is 2. The lowest BCUT2D eigenvalue weighted by Crippen LogP contribution is -2.67. The molecule has 0 bridgehead atoms. The second-order valence-corrected chi connectivity index (χ2v) is 7.36. The largest absolute Gasteiger partial charge is 0.318 e. The Balaban J connectivity index is 2.24. The predicted molar refractivity (Wildman–Crippen MR) is 94.3 cm³/mol. The molecule has 2 aromatic rings. The monoisotopic (exact) mass is 308 g/mol. The zero-order valence-electron chi connectivity index (χ0n) is 14.5. The standard InChI is InChI=1S/C21H26NO/c1-16-15-21(18-11-7-5-8-12-18,19-13-9-6-10-14-19)20(23)17(2)22(16,3)4/h5-14,16-17H,15H2,1-4H3/q+1/t16-,17-/m0/s1. The predicted octanol–water partition coefficient (Wildman–Crippen LogP) is 3.80. The molecule has 3 rings (SSSR count). The van der Waals surface area contributed by atoms with Crippen LogP contribution in [-0.4, -0.2) is 36.4 Å². The highest BCUT2D eigenvalue weighted by atomic mass is 16.1. The van der Waals surface area contributed by atoms with Crippen molar-refractivity contribution >= 4 is 5.78 Å². The van der Waals surface area contributed by atoms with Crippen LogP contribution in [0.5, 0.6) is 0 Å². The quantitative estimate of drug-likeness (QED) is 0.771. The first-order valence-corrected chi connectivity index (χ1v) is 8.39. The zero-order valence-corrected chi connectivity index (χ0v) is 14.5. The smallest absolute Gasteiger partial charge is 0.204 e. The average molecular weight is 308 g/mol. The summed E-state index contributed by atoms with van der Waals surface area (Å²) in [6.07, 6.45) is 0.844. The highest BCUT2D eigenvalue weighted by molar-refractivity contribution is 5.97. The lowest BCUT2D eigenvalue weighted by atomic mass is 9.63. The van der Waals surface area contributed by atoms with E-state index in [1.54, 1.807) is 0 Å². The fourth-order valence-corrected chi connectivity index (χ4v) is 3.95. The van der Waals surface area contributed by atoms with Gasteiger partial charge in [-0.1, -0.05) is 60.7 Å². The van der Waals surface area contributed by atoms with Crippen molar-refractivity contribution in [2.24, 2.45) is 0 Å². The molecule has 2 atom stereocenters. The maximum absolute atomic E-state index is 13.6. The van der Waals surface area contributed by atoms with E-state index in [1.165, 1.54) is 0 Å². The normalized spacial score (nSPS) is 26.0. The summed E-state index contributed by atoms with van der Waals surface area (Å²) >= 11 is 0. The summed E-state index contributed by atoms with van der Waals surface area (Å²) in [6, 6.07) is 21.0. The fourth-order valence-electron chi connectivity index (χ4n) is 3.95. The molecule has 0 saturated carbocycles. The van der Waals surface area contributed by atoms with Crippen molar-refractivity contribution in [1.29, 1.82) is 0 Å². The van der Waals surface area contributed by atoms with Gasteiger partial charge in [-0.25, -0.2) is 0 Å². The number of likely N-dealkylation sites (N-methyl/N-ethyl adjacent to an activating group) is 1. The molecule has 1 fully saturated rings. The van der Waals surface area contributed by atoms with Crippen LogP contribution >= 0.6 is 0 Å². The number of Topliss-reactive ketones (excluding diaryl/α,β-unsaturated/α-hetero) is 1. The van der Waals surface area contributed by atoms with Crippen LogP contribution in [0, 0.1) is 0 Å². The Bertz CT molecular complexity index is 651. The first kappa shape index (κ1) is 15.9. The number of likely N-dealkylation sites (tertiary alicyclic amines) is 1. The van der Waals surface area contributed by atoms with Crippen LogP contribution in [0.3, 0.4) is 0 Å². The summed E-state index contributed by atoms with van der Waals surface area (Å²) in [7, 11) is 4.35. The van der Waals surface area contributed by atoms with Crippen molar-refractivity contribution in [1.82, 2.24) is 0 Å². The number of carbonyl (C=O) groups is 1. The molecule has 2 nitrogen and oxygen atoms in total. The Morgan fingerprint density at radius 1 is 0.870 bits per heavy atom. The summed E-state index contributed by atoms with van der Waals surface area (Å²) < 4.78 is 0.750. The van der Waals surface area contributed by atoms with Crippen LogP contribution in [0.25, 0.3) is 0 Å². The van der Waals surface area contributed by atoms with E-state index in [0.717, 1.165) is 22.0 Å². The van der Waals surface area contributed by atoms with Crippen LogP contribution in [-0.2, 0) is 10.2 Å². The molecule has 0 unspecified atom stereocenters. The van der Waals surface area contributed by atoms with E-state index >= 15 is 0 Å². The van der Waals surface area contributed by atoms with E-state index in [1.807, 2.05) is 36.4 Å². The van der Waals surface area contributed by atoms with Gasteiger partial charge in [-0.3, -0.25) is 4.79 Å². The minimum Gasteiger partial charge on any atom is -0.318 e. The Kier molecular flexibility index (Phi) is 3.89. The molecule has 0 aromatic heterocycles. The van der Waals surface area contributed by atoms with Gasteiger partial charge in [0.25, 0.3) is 0 Å². The SMILES string of the molecule is C[C@H]1CC(c2ccccc2)(c2ccccc2)C(=O)[C@H](C)[N+]1(C)C. The van der Waals surface area contributed by atoms with Crippen LogP contribution in [0.2, 0.25) is 0 Å². The molecule has 0 aliphatic carbocycles. The number of hydrogen-bond acceptors (Lipinski definition) is 1. The molecule has 0 amide bonds. The number of ketones is 1. The summed E-state index contributed by atoms with van der Waals surface area (Å²) in [5.41, 5.74) is 1.71. The highest BCUT2D eigenvalue weighted by Crippen LogP contribution is 2.45.